The van der Waals surface area contributed by atoms with Gasteiger partial charge in [0.25, 0.3) is 0 Å². The molecule has 0 aromatic carbocycles. The highest BCUT2D eigenvalue weighted by Crippen LogP contribution is 2.04. The molecule has 0 unspecified atom stereocenters. The first-order valence-corrected chi connectivity index (χ1v) is 4.88. The van der Waals surface area contributed by atoms with Crippen LogP contribution in [0.2, 0.25) is 0 Å². The number of carboxylic acid groups (broad SMARTS) is 1. The van der Waals surface area contributed by atoms with Crippen molar-refractivity contribution in [1.29, 1.82) is 0 Å². The summed E-state index contributed by atoms with van der Waals surface area (Å²) in [5.74, 6) is -0.701. The maximum absolute atomic E-state index is 10.5. The number of hydrogen-bond acceptors (Lipinski definition) is 3. The van der Waals surface area contributed by atoms with E-state index in [4.69, 9.17) is 5.11 Å². The quantitative estimate of drug-likeness (QED) is 0.751. The van der Waals surface area contributed by atoms with Crippen LogP contribution in [0.15, 0.2) is 0 Å². The van der Waals surface area contributed by atoms with Crippen LogP contribution in [0.1, 0.15) is 32.6 Å². The summed E-state index contributed by atoms with van der Waals surface area (Å²) in [4.78, 5) is 32.1. The lowest BCUT2D eigenvalue weighted by atomic mass is 10.2. The molecule has 0 radical (unpaired) electrons. The van der Waals surface area contributed by atoms with Crippen molar-refractivity contribution in [2.75, 3.05) is 13.6 Å². The lowest BCUT2D eigenvalue weighted by molar-refractivity contribution is -0.138. The van der Waals surface area contributed by atoms with Gasteiger partial charge in [0, 0.05) is 26.4 Å². The number of hydrogen-bond donors (Lipinski definition) is 1. The van der Waals surface area contributed by atoms with Gasteiger partial charge in [-0.15, -0.1) is 0 Å². The first kappa shape index (κ1) is 13.6. The number of likely N-dealkylation sites (tertiary alicyclic amines) is 1. The zero-order valence-electron chi connectivity index (χ0n) is 9.15. The van der Waals surface area contributed by atoms with Gasteiger partial charge in [-0.1, -0.05) is 0 Å². The maximum Gasteiger partial charge on any atom is 0.303 e. The molecule has 0 bridgehead atoms. The van der Waals surface area contributed by atoms with Crippen molar-refractivity contribution in [2.45, 2.75) is 32.6 Å². The number of carbonyl (C=O) groups excluding carboxylic acids is 2. The van der Waals surface area contributed by atoms with Gasteiger partial charge in [0.2, 0.25) is 5.91 Å². The summed E-state index contributed by atoms with van der Waals surface area (Å²) in [5, 5.41) is 8.01. The fourth-order valence-corrected chi connectivity index (χ4v) is 1.07. The first-order chi connectivity index (χ1) is 6.93. The Morgan fingerprint density at radius 1 is 1.40 bits per heavy atom. The van der Waals surface area contributed by atoms with Crippen LogP contribution in [-0.2, 0) is 14.4 Å². The average molecular weight is 215 g/mol. The van der Waals surface area contributed by atoms with E-state index in [0.717, 1.165) is 19.4 Å². The standard InChI is InChI=1S/C5H9NO.C5H8O3/c1-6-4-2-3-5(6)7;1-4(6)2-3-5(7)8/h2-4H2,1H3;2-3H2,1H3,(H,7,8). The molecule has 1 N–H and O–H groups in total. The van der Waals surface area contributed by atoms with Crippen molar-refractivity contribution in [1.82, 2.24) is 4.90 Å². The van der Waals surface area contributed by atoms with Crippen molar-refractivity contribution >= 4 is 17.7 Å². The summed E-state index contributed by atoms with van der Waals surface area (Å²) in [6, 6.07) is 0. The third-order valence-corrected chi connectivity index (χ3v) is 2.00. The lowest BCUT2D eigenvalue weighted by Gasteiger charge is -2.03. The Kier molecular flexibility index (Phi) is 6.33. The Balaban J connectivity index is 0.000000262. The van der Waals surface area contributed by atoms with Gasteiger partial charge < -0.3 is 14.8 Å². The molecule has 0 atom stereocenters. The van der Waals surface area contributed by atoms with Crippen molar-refractivity contribution < 1.29 is 19.5 Å². The molecule has 1 fully saturated rings. The monoisotopic (exact) mass is 215 g/mol. The minimum absolute atomic E-state index is 0.0463. The largest absolute Gasteiger partial charge is 0.481 e. The number of amides is 1. The van der Waals surface area contributed by atoms with E-state index in [1.54, 1.807) is 4.90 Å². The molecular formula is C10H17NO4. The third-order valence-electron chi connectivity index (χ3n) is 2.00. The molecule has 86 valence electrons. The Hall–Kier alpha value is -1.39. The minimum atomic E-state index is -0.916. The van der Waals surface area contributed by atoms with Crippen LogP contribution in [0, 0.1) is 0 Å². The Bertz CT molecular complexity index is 236. The fraction of sp³-hybridized carbons (Fsp3) is 0.700. The summed E-state index contributed by atoms with van der Waals surface area (Å²) in [6.07, 6.45) is 1.91. The first-order valence-electron chi connectivity index (χ1n) is 4.88. The zero-order chi connectivity index (χ0) is 11.8. The summed E-state index contributed by atoms with van der Waals surface area (Å²) in [6.45, 7) is 2.34. The zero-order valence-corrected chi connectivity index (χ0v) is 9.15. The van der Waals surface area contributed by atoms with Crippen LogP contribution in [0.3, 0.4) is 0 Å². The molecule has 1 rings (SSSR count). The molecule has 0 saturated carbocycles. The molecule has 1 amide bonds. The van der Waals surface area contributed by atoms with E-state index in [9.17, 15) is 14.4 Å². The minimum Gasteiger partial charge on any atom is -0.481 e. The average Bonchev–Trinajstić information content (AvgIpc) is 2.49. The van der Waals surface area contributed by atoms with Gasteiger partial charge in [-0.05, 0) is 13.3 Å². The SMILES string of the molecule is CC(=O)CCC(=O)O.CN1CCCC1=O. The van der Waals surface area contributed by atoms with Crippen LogP contribution in [0.5, 0.6) is 0 Å². The third kappa shape index (κ3) is 7.66. The molecule has 1 aliphatic heterocycles. The molecule has 0 aliphatic carbocycles. The predicted molar refractivity (Wildman–Crippen MR) is 54.4 cm³/mol. The van der Waals surface area contributed by atoms with Crippen LogP contribution in [0.4, 0.5) is 0 Å². The van der Waals surface area contributed by atoms with Gasteiger partial charge >= 0.3 is 5.97 Å². The maximum atomic E-state index is 10.5. The van der Waals surface area contributed by atoms with Gasteiger partial charge in [-0.2, -0.15) is 0 Å². The van der Waals surface area contributed by atoms with Crippen LogP contribution in [0.25, 0.3) is 0 Å². The van der Waals surface area contributed by atoms with E-state index in [0.29, 0.717) is 5.91 Å². The molecule has 1 heterocycles. The van der Waals surface area contributed by atoms with E-state index in [2.05, 4.69) is 0 Å². The molecule has 1 aliphatic rings. The second-order valence-corrected chi connectivity index (χ2v) is 3.51. The number of carboxylic acids is 1. The molecule has 5 nitrogen and oxygen atoms in total. The summed E-state index contributed by atoms with van der Waals surface area (Å²) < 4.78 is 0. The molecule has 0 spiro atoms. The van der Waals surface area contributed by atoms with Crippen LogP contribution < -0.4 is 0 Å². The van der Waals surface area contributed by atoms with Crippen molar-refractivity contribution in [3.8, 4) is 0 Å². The van der Waals surface area contributed by atoms with Crippen molar-refractivity contribution in [3.63, 3.8) is 0 Å². The molecule has 15 heavy (non-hydrogen) atoms. The smallest absolute Gasteiger partial charge is 0.303 e. The lowest BCUT2D eigenvalue weighted by Crippen LogP contribution is -2.17. The second kappa shape index (κ2) is 6.98. The summed E-state index contributed by atoms with van der Waals surface area (Å²) in [5.41, 5.74) is 0. The Morgan fingerprint density at radius 2 is 2.00 bits per heavy atom. The summed E-state index contributed by atoms with van der Waals surface area (Å²) >= 11 is 0. The number of rotatable bonds is 3. The number of carbonyl (C=O) groups is 3. The van der Waals surface area contributed by atoms with Gasteiger partial charge in [-0.25, -0.2) is 0 Å². The topological polar surface area (TPSA) is 74.7 Å². The van der Waals surface area contributed by atoms with Crippen LogP contribution in [-0.4, -0.2) is 41.3 Å². The summed E-state index contributed by atoms with van der Waals surface area (Å²) in [7, 11) is 1.84. The number of aliphatic carboxylic acids is 1. The molecular weight excluding hydrogens is 198 g/mol. The van der Waals surface area contributed by atoms with Gasteiger partial charge in [-0.3, -0.25) is 9.59 Å². The van der Waals surface area contributed by atoms with Crippen molar-refractivity contribution in [2.24, 2.45) is 0 Å². The predicted octanol–water partition coefficient (Wildman–Crippen LogP) is 0.679. The van der Waals surface area contributed by atoms with Crippen molar-refractivity contribution in [3.05, 3.63) is 0 Å². The highest BCUT2D eigenvalue weighted by molar-refractivity contribution is 5.80. The van der Waals surface area contributed by atoms with E-state index < -0.39 is 5.97 Å². The fourth-order valence-electron chi connectivity index (χ4n) is 1.07. The molecule has 0 aromatic heterocycles. The Labute approximate surface area is 89.1 Å². The highest BCUT2D eigenvalue weighted by atomic mass is 16.4. The normalized spacial score (nSPS) is 14.5. The highest BCUT2D eigenvalue weighted by Gasteiger charge is 2.14. The van der Waals surface area contributed by atoms with E-state index in [1.807, 2.05) is 7.05 Å². The molecule has 1 saturated heterocycles. The van der Waals surface area contributed by atoms with E-state index >= 15 is 0 Å². The Morgan fingerprint density at radius 3 is 2.13 bits per heavy atom. The van der Waals surface area contributed by atoms with Gasteiger partial charge in [0.1, 0.15) is 5.78 Å². The van der Waals surface area contributed by atoms with E-state index in [1.165, 1.54) is 6.92 Å². The number of nitrogens with zero attached hydrogens (tertiary/aromatic N) is 1. The van der Waals surface area contributed by atoms with E-state index in [-0.39, 0.29) is 18.6 Å². The second-order valence-electron chi connectivity index (χ2n) is 3.51. The molecule has 5 heteroatoms. The molecule has 0 aromatic rings. The van der Waals surface area contributed by atoms with Gasteiger partial charge in [0.05, 0.1) is 6.42 Å². The van der Waals surface area contributed by atoms with Gasteiger partial charge in [0.15, 0.2) is 0 Å². The number of Topliss-reactive ketones (excluding diaryl/α,β-unsaturated/α-hetero) is 1. The number of ketones is 1. The van der Waals surface area contributed by atoms with Crippen LogP contribution >= 0.6 is 0 Å².